The molecule has 0 amide bonds. The predicted octanol–water partition coefficient (Wildman–Crippen LogP) is 4.98. The molecule has 204 valence electrons. The van der Waals surface area contributed by atoms with Crippen LogP contribution < -0.4 is 9.64 Å². The third kappa shape index (κ3) is 5.67. The highest BCUT2D eigenvalue weighted by molar-refractivity contribution is 7.91. The Labute approximate surface area is 226 Å². The summed E-state index contributed by atoms with van der Waals surface area (Å²) < 4.78 is 33.7. The second kappa shape index (κ2) is 11.6. The fraction of sp³-hybridized carbons (Fsp3) is 0.500. The maximum absolute atomic E-state index is 14.0. The number of hydrogen-bond donors (Lipinski definition) is 1. The van der Waals surface area contributed by atoms with Gasteiger partial charge in [0.1, 0.15) is 10.6 Å². The zero-order valence-corrected chi connectivity index (χ0v) is 23.3. The molecular weight excluding hydrogens is 498 g/mol. The summed E-state index contributed by atoms with van der Waals surface area (Å²) >= 11 is 0. The van der Waals surface area contributed by atoms with Crippen molar-refractivity contribution >= 4 is 26.4 Å². The van der Waals surface area contributed by atoms with E-state index in [1.165, 1.54) is 6.20 Å². The van der Waals surface area contributed by atoms with E-state index in [4.69, 9.17) is 4.74 Å². The molecule has 38 heavy (non-hydrogen) atoms. The lowest BCUT2D eigenvalue weighted by Crippen LogP contribution is -2.48. The van der Waals surface area contributed by atoms with Crippen LogP contribution >= 0.6 is 0 Å². The van der Waals surface area contributed by atoms with Gasteiger partial charge >= 0.3 is 0 Å². The van der Waals surface area contributed by atoms with Crippen LogP contribution in [0.3, 0.4) is 0 Å². The molecule has 1 aromatic heterocycles. The van der Waals surface area contributed by atoms with E-state index in [1.54, 1.807) is 24.3 Å². The zero-order chi connectivity index (χ0) is 26.7. The number of aromatic nitrogens is 1. The minimum Gasteiger partial charge on any atom is -0.494 e. The van der Waals surface area contributed by atoms with E-state index in [-0.39, 0.29) is 15.9 Å². The Morgan fingerprint density at radius 2 is 1.71 bits per heavy atom. The number of piperidine rings is 2. The minimum atomic E-state index is -3.80. The maximum Gasteiger partial charge on any atom is 0.210 e. The van der Waals surface area contributed by atoms with Gasteiger partial charge in [0.15, 0.2) is 0 Å². The smallest absolute Gasteiger partial charge is 0.210 e. The number of fused-ring (bicyclic) bond motifs is 1. The highest BCUT2D eigenvalue weighted by Gasteiger charge is 2.32. The molecule has 7 nitrogen and oxygen atoms in total. The van der Waals surface area contributed by atoms with Crippen LogP contribution in [0, 0.1) is 6.92 Å². The van der Waals surface area contributed by atoms with Crippen molar-refractivity contribution in [2.24, 2.45) is 0 Å². The summed E-state index contributed by atoms with van der Waals surface area (Å²) in [5.41, 5.74) is 2.64. The number of pyridine rings is 1. The summed E-state index contributed by atoms with van der Waals surface area (Å²) in [7, 11) is -3.80. The number of likely N-dealkylation sites (tertiary alicyclic amines) is 1. The number of rotatable bonds is 8. The Morgan fingerprint density at radius 1 is 1.00 bits per heavy atom. The van der Waals surface area contributed by atoms with Gasteiger partial charge in [0, 0.05) is 43.8 Å². The Hall–Kier alpha value is -2.68. The number of aryl methyl sites for hydroxylation is 1. The Bertz CT molecular complexity index is 1340. The summed E-state index contributed by atoms with van der Waals surface area (Å²) in [6.45, 7) is 8.18. The molecule has 2 fully saturated rings. The van der Waals surface area contributed by atoms with E-state index in [2.05, 4.69) is 27.8 Å². The van der Waals surface area contributed by atoms with Crippen LogP contribution in [0.4, 0.5) is 5.69 Å². The van der Waals surface area contributed by atoms with Gasteiger partial charge in [-0.05, 0) is 75.4 Å². The molecule has 1 N–H and O–H groups in total. The van der Waals surface area contributed by atoms with Gasteiger partial charge in [-0.25, -0.2) is 8.42 Å². The number of ether oxygens (including phenoxy) is 1. The fourth-order valence-electron chi connectivity index (χ4n) is 5.68. The molecule has 3 aromatic rings. The second-order valence-electron chi connectivity index (χ2n) is 10.7. The minimum absolute atomic E-state index is 0.178. The number of anilines is 1. The van der Waals surface area contributed by atoms with Crippen LogP contribution in [0.1, 0.15) is 51.0 Å². The largest absolute Gasteiger partial charge is 0.494 e. The lowest BCUT2D eigenvalue weighted by molar-refractivity contribution is 0.0542. The van der Waals surface area contributed by atoms with Crippen LogP contribution in [0.2, 0.25) is 0 Å². The van der Waals surface area contributed by atoms with Gasteiger partial charge in [-0.15, -0.1) is 0 Å². The highest BCUT2D eigenvalue weighted by atomic mass is 32.2. The number of aliphatic hydroxyl groups excluding tert-OH is 1. The van der Waals surface area contributed by atoms with Gasteiger partial charge in [-0.1, -0.05) is 25.0 Å². The summed E-state index contributed by atoms with van der Waals surface area (Å²) in [6, 6.07) is 13.3. The van der Waals surface area contributed by atoms with E-state index in [9.17, 15) is 13.5 Å². The van der Waals surface area contributed by atoms with E-state index < -0.39 is 9.84 Å². The van der Waals surface area contributed by atoms with Crippen molar-refractivity contribution in [1.29, 1.82) is 0 Å². The third-order valence-corrected chi connectivity index (χ3v) is 9.72. The Kier molecular flexibility index (Phi) is 8.21. The van der Waals surface area contributed by atoms with Gasteiger partial charge < -0.3 is 19.6 Å². The molecule has 0 spiro atoms. The average Bonchev–Trinajstić information content (AvgIpc) is 2.93. The Morgan fingerprint density at radius 3 is 2.39 bits per heavy atom. The van der Waals surface area contributed by atoms with Crippen molar-refractivity contribution < 1.29 is 18.3 Å². The van der Waals surface area contributed by atoms with E-state index in [1.807, 2.05) is 19.1 Å². The van der Waals surface area contributed by atoms with E-state index >= 15 is 0 Å². The molecule has 2 aliphatic heterocycles. The van der Waals surface area contributed by atoms with Gasteiger partial charge in [0.25, 0.3) is 0 Å². The van der Waals surface area contributed by atoms with E-state index in [0.717, 1.165) is 86.9 Å². The van der Waals surface area contributed by atoms with E-state index in [0.29, 0.717) is 18.4 Å². The molecule has 5 rings (SSSR count). The molecule has 2 saturated heterocycles. The van der Waals surface area contributed by atoms with Crippen molar-refractivity contribution in [1.82, 2.24) is 9.88 Å². The average molecular weight is 538 g/mol. The van der Waals surface area contributed by atoms with Crippen LogP contribution in [0.5, 0.6) is 5.75 Å². The normalized spacial score (nSPS) is 18.2. The molecule has 8 heteroatoms. The maximum atomic E-state index is 14.0. The lowest BCUT2D eigenvalue weighted by atomic mass is 9.98. The summed E-state index contributed by atoms with van der Waals surface area (Å²) in [4.78, 5) is 9.82. The lowest BCUT2D eigenvalue weighted by Gasteiger charge is -2.42. The van der Waals surface area contributed by atoms with Crippen LogP contribution in [0.15, 0.2) is 58.5 Å². The molecular formula is C30H39N3O4S. The van der Waals surface area contributed by atoms with Crippen molar-refractivity contribution in [3.63, 3.8) is 0 Å². The molecule has 0 aliphatic carbocycles. The van der Waals surface area contributed by atoms with Crippen molar-refractivity contribution in [2.45, 2.75) is 74.3 Å². The molecule has 0 bridgehead atoms. The number of nitrogens with zero attached hydrogens (tertiary/aromatic N) is 3. The predicted molar refractivity (Wildman–Crippen MR) is 151 cm³/mol. The number of sulfone groups is 1. The first-order chi connectivity index (χ1) is 18.4. The highest BCUT2D eigenvalue weighted by Crippen LogP contribution is 2.38. The van der Waals surface area contributed by atoms with Crippen LogP contribution in [0.25, 0.3) is 10.9 Å². The topological polar surface area (TPSA) is 83.0 Å². The number of benzene rings is 2. The molecule has 0 unspecified atom stereocenters. The number of aliphatic hydroxyl groups is 1. The fourth-order valence-corrected chi connectivity index (χ4v) is 7.11. The Balaban J connectivity index is 1.45. The quantitative estimate of drug-likeness (QED) is 0.406. The summed E-state index contributed by atoms with van der Waals surface area (Å²) in [5, 5.41) is 10.8. The summed E-state index contributed by atoms with van der Waals surface area (Å²) in [6.07, 6.45) is 6.96. The second-order valence-corrected chi connectivity index (χ2v) is 12.6. The number of unbranched alkanes of at least 4 members (excludes halogenated alkanes) is 1. The zero-order valence-electron chi connectivity index (χ0n) is 22.5. The molecule has 2 aromatic carbocycles. The van der Waals surface area contributed by atoms with Crippen molar-refractivity contribution in [2.75, 3.05) is 37.7 Å². The first-order valence-electron chi connectivity index (χ1n) is 13.9. The van der Waals surface area contributed by atoms with Gasteiger partial charge in [-0.2, -0.15) is 0 Å². The monoisotopic (exact) mass is 537 g/mol. The first-order valence-corrected chi connectivity index (χ1v) is 15.4. The van der Waals surface area contributed by atoms with Gasteiger partial charge in [0.2, 0.25) is 9.84 Å². The van der Waals surface area contributed by atoms with Gasteiger partial charge in [-0.3, -0.25) is 4.98 Å². The molecule has 0 radical (unpaired) electrons. The van der Waals surface area contributed by atoms with Crippen LogP contribution in [-0.2, 0) is 9.84 Å². The van der Waals surface area contributed by atoms with Crippen LogP contribution in [-0.4, -0.2) is 68.3 Å². The molecule has 2 aliphatic rings. The molecule has 0 saturated carbocycles. The summed E-state index contributed by atoms with van der Waals surface area (Å²) in [5.74, 6) is 0.678. The number of hydrogen-bond acceptors (Lipinski definition) is 7. The van der Waals surface area contributed by atoms with Crippen molar-refractivity contribution in [3.8, 4) is 5.75 Å². The van der Waals surface area contributed by atoms with Gasteiger partial charge in [0.05, 0.1) is 28.8 Å². The SMILES string of the molecule is CCCCOc1ccc(S(=O)(=O)c2cnc3ccc(C)cc3c2N2CCC(N3CCC(O)CC3)CC2)cc1. The third-order valence-electron chi connectivity index (χ3n) is 7.95. The molecule has 0 atom stereocenters. The first kappa shape index (κ1) is 26.9. The standard InChI is InChI=1S/C30H39N3O4S/c1-3-4-19-37-25-6-8-26(9-7-25)38(35,36)29-21-31-28-10-5-22(2)20-27(28)30(29)33-15-11-23(12-16-33)32-17-13-24(34)14-18-32/h5-10,20-21,23-24,34H,3-4,11-19H2,1-2H3. The molecule has 3 heterocycles. The van der Waals surface area contributed by atoms with Crippen molar-refractivity contribution in [3.05, 3.63) is 54.2 Å².